The number of aryl methyl sites for hydroxylation is 1. The van der Waals surface area contributed by atoms with Crippen LogP contribution in [0.3, 0.4) is 0 Å². The van der Waals surface area contributed by atoms with E-state index in [0.717, 1.165) is 31.2 Å². The third-order valence-corrected chi connectivity index (χ3v) is 3.62. The molecule has 0 saturated heterocycles. The average Bonchev–Trinajstić information content (AvgIpc) is 2.27. The molecule has 0 spiro atoms. The van der Waals surface area contributed by atoms with Gasteiger partial charge in [0.2, 0.25) is 0 Å². The minimum Gasteiger partial charge on any atom is -0.398 e. The van der Waals surface area contributed by atoms with Gasteiger partial charge in [-0.15, -0.1) is 0 Å². The van der Waals surface area contributed by atoms with Gasteiger partial charge in [0.1, 0.15) is 0 Å². The van der Waals surface area contributed by atoms with Crippen molar-refractivity contribution in [2.45, 2.75) is 6.92 Å². The van der Waals surface area contributed by atoms with Gasteiger partial charge >= 0.3 is 0 Å². The van der Waals surface area contributed by atoms with Gasteiger partial charge in [-0.1, -0.05) is 17.7 Å². The van der Waals surface area contributed by atoms with Gasteiger partial charge in [0.15, 0.2) is 0 Å². The zero-order valence-electron chi connectivity index (χ0n) is 9.30. The second-order valence-electron chi connectivity index (χ2n) is 3.82. The summed E-state index contributed by atoms with van der Waals surface area (Å²) in [6.07, 6.45) is 0. The lowest BCUT2D eigenvalue weighted by molar-refractivity contribution is 1.45. The van der Waals surface area contributed by atoms with Gasteiger partial charge in [-0.05, 0) is 65.4 Å². The molecule has 0 saturated carbocycles. The third kappa shape index (κ3) is 3.04. The zero-order valence-corrected chi connectivity index (χ0v) is 12.2. The van der Waals surface area contributed by atoms with Gasteiger partial charge in [-0.3, -0.25) is 0 Å². The van der Waals surface area contributed by atoms with E-state index in [-0.39, 0.29) is 0 Å². The van der Waals surface area contributed by atoms with Crippen LogP contribution in [0.1, 0.15) is 5.56 Å². The molecule has 2 rings (SSSR count). The second kappa shape index (κ2) is 5.14. The van der Waals surface area contributed by atoms with Gasteiger partial charge < -0.3 is 11.1 Å². The highest BCUT2D eigenvalue weighted by atomic mass is 127. The van der Waals surface area contributed by atoms with Crippen LogP contribution in [-0.2, 0) is 0 Å². The maximum Gasteiger partial charge on any atom is 0.0520 e. The maximum absolute atomic E-state index is 5.91. The van der Waals surface area contributed by atoms with E-state index in [1.54, 1.807) is 0 Å². The molecule has 0 aliphatic rings. The van der Waals surface area contributed by atoms with E-state index in [2.05, 4.69) is 27.9 Å². The molecular weight excluding hydrogens is 347 g/mol. The van der Waals surface area contributed by atoms with E-state index in [0.29, 0.717) is 0 Å². The smallest absolute Gasteiger partial charge is 0.0520 e. The van der Waals surface area contributed by atoms with Gasteiger partial charge in [-0.25, -0.2) is 0 Å². The summed E-state index contributed by atoms with van der Waals surface area (Å²) >= 11 is 8.16. The Balaban J connectivity index is 2.28. The normalized spacial score (nSPS) is 10.3. The standard InChI is InChI=1S/C13H12ClIN2/c1-8-2-4-10(7-12(8)16)17-13-5-3-9(14)6-11(13)15/h2-7,17H,16H2,1H3. The molecule has 0 aromatic heterocycles. The van der Waals surface area contributed by atoms with Crippen LogP contribution in [0.2, 0.25) is 5.02 Å². The predicted molar refractivity (Wildman–Crippen MR) is 83.0 cm³/mol. The lowest BCUT2D eigenvalue weighted by Crippen LogP contribution is -1.95. The largest absolute Gasteiger partial charge is 0.398 e. The molecule has 0 aliphatic carbocycles. The van der Waals surface area contributed by atoms with Crippen LogP contribution < -0.4 is 11.1 Å². The fourth-order valence-corrected chi connectivity index (χ4v) is 2.47. The fraction of sp³-hybridized carbons (Fsp3) is 0.0769. The molecule has 0 aliphatic heterocycles. The van der Waals surface area contributed by atoms with E-state index in [4.69, 9.17) is 17.3 Å². The Hall–Kier alpha value is -0.940. The van der Waals surface area contributed by atoms with Gasteiger partial charge in [0.25, 0.3) is 0 Å². The summed E-state index contributed by atoms with van der Waals surface area (Å²) in [7, 11) is 0. The molecular formula is C13H12ClIN2. The molecule has 0 fully saturated rings. The molecule has 3 N–H and O–H groups in total. The SMILES string of the molecule is Cc1ccc(Nc2ccc(Cl)cc2I)cc1N. The highest BCUT2D eigenvalue weighted by Gasteiger charge is 2.02. The summed E-state index contributed by atoms with van der Waals surface area (Å²) < 4.78 is 1.08. The number of nitrogens with two attached hydrogens (primary N) is 1. The topological polar surface area (TPSA) is 38.0 Å². The molecule has 0 amide bonds. The van der Waals surface area contributed by atoms with Crippen molar-refractivity contribution < 1.29 is 0 Å². The summed E-state index contributed by atoms with van der Waals surface area (Å²) in [5, 5.41) is 4.06. The Morgan fingerprint density at radius 3 is 2.59 bits per heavy atom. The number of anilines is 3. The van der Waals surface area contributed by atoms with Crippen molar-refractivity contribution in [3.63, 3.8) is 0 Å². The van der Waals surface area contributed by atoms with Gasteiger partial charge in [0, 0.05) is 20.0 Å². The first-order valence-electron chi connectivity index (χ1n) is 5.14. The Morgan fingerprint density at radius 2 is 1.94 bits per heavy atom. The van der Waals surface area contributed by atoms with Crippen molar-refractivity contribution in [1.29, 1.82) is 0 Å². The zero-order chi connectivity index (χ0) is 12.4. The van der Waals surface area contributed by atoms with Crippen molar-refractivity contribution in [1.82, 2.24) is 0 Å². The van der Waals surface area contributed by atoms with Crippen molar-refractivity contribution in [3.05, 3.63) is 50.6 Å². The monoisotopic (exact) mass is 358 g/mol. The van der Waals surface area contributed by atoms with Crippen LogP contribution >= 0.6 is 34.2 Å². The molecule has 2 aromatic rings. The van der Waals surface area contributed by atoms with Gasteiger partial charge in [-0.2, -0.15) is 0 Å². The quantitative estimate of drug-likeness (QED) is 0.609. The Morgan fingerprint density at radius 1 is 1.18 bits per heavy atom. The summed E-state index contributed by atoms with van der Waals surface area (Å²) in [5.41, 5.74) is 9.75. The van der Waals surface area contributed by atoms with Gasteiger partial charge in [0.05, 0.1) is 5.69 Å². The first-order chi connectivity index (χ1) is 8.06. The summed E-state index contributed by atoms with van der Waals surface area (Å²) in [4.78, 5) is 0. The number of hydrogen-bond acceptors (Lipinski definition) is 2. The minimum absolute atomic E-state index is 0.739. The molecule has 88 valence electrons. The van der Waals surface area contributed by atoms with Crippen molar-refractivity contribution >= 4 is 51.3 Å². The summed E-state index contributed by atoms with van der Waals surface area (Å²) in [6, 6.07) is 11.7. The molecule has 0 unspecified atom stereocenters. The maximum atomic E-state index is 5.91. The fourth-order valence-electron chi connectivity index (χ4n) is 1.46. The lowest BCUT2D eigenvalue weighted by atomic mass is 10.2. The molecule has 0 bridgehead atoms. The summed E-state index contributed by atoms with van der Waals surface area (Å²) in [5.74, 6) is 0. The number of hydrogen-bond donors (Lipinski definition) is 2. The van der Waals surface area contributed by atoms with Crippen LogP contribution in [0.25, 0.3) is 0 Å². The Kier molecular flexibility index (Phi) is 3.79. The first-order valence-corrected chi connectivity index (χ1v) is 6.60. The highest BCUT2D eigenvalue weighted by molar-refractivity contribution is 14.1. The van der Waals surface area contributed by atoms with Crippen LogP contribution in [-0.4, -0.2) is 0 Å². The van der Waals surface area contributed by atoms with Crippen molar-refractivity contribution in [2.24, 2.45) is 0 Å². The number of nitrogens with one attached hydrogen (secondary N) is 1. The molecule has 4 heteroatoms. The molecule has 0 atom stereocenters. The number of rotatable bonds is 2. The lowest BCUT2D eigenvalue weighted by Gasteiger charge is -2.10. The molecule has 2 aromatic carbocycles. The van der Waals surface area contributed by atoms with Crippen LogP contribution in [0.15, 0.2) is 36.4 Å². The predicted octanol–water partition coefficient (Wildman–Crippen LogP) is 4.58. The van der Waals surface area contributed by atoms with Crippen molar-refractivity contribution in [2.75, 3.05) is 11.1 Å². The number of nitrogen functional groups attached to an aromatic ring is 1. The van der Waals surface area contributed by atoms with E-state index >= 15 is 0 Å². The first kappa shape index (κ1) is 12.5. The molecule has 0 heterocycles. The van der Waals surface area contributed by atoms with Crippen molar-refractivity contribution in [3.8, 4) is 0 Å². The number of benzene rings is 2. The van der Waals surface area contributed by atoms with E-state index in [1.165, 1.54) is 0 Å². The number of halogens is 2. The van der Waals surface area contributed by atoms with E-state index in [1.807, 2.05) is 43.3 Å². The molecule has 0 radical (unpaired) electrons. The van der Waals surface area contributed by atoms with E-state index in [9.17, 15) is 0 Å². The molecule has 17 heavy (non-hydrogen) atoms. The Labute approximate surface area is 119 Å². The van der Waals surface area contributed by atoms with Crippen LogP contribution in [0, 0.1) is 10.5 Å². The second-order valence-corrected chi connectivity index (χ2v) is 5.42. The van der Waals surface area contributed by atoms with Crippen LogP contribution in [0.4, 0.5) is 17.1 Å². The Bertz CT molecular complexity index is 555. The average molecular weight is 359 g/mol. The van der Waals surface area contributed by atoms with Crippen LogP contribution in [0.5, 0.6) is 0 Å². The highest BCUT2D eigenvalue weighted by Crippen LogP contribution is 2.27. The summed E-state index contributed by atoms with van der Waals surface area (Å²) in [6.45, 7) is 1.99. The minimum atomic E-state index is 0.739. The van der Waals surface area contributed by atoms with E-state index < -0.39 is 0 Å². The molecule has 2 nitrogen and oxygen atoms in total. The third-order valence-electron chi connectivity index (χ3n) is 2.49.